The summed E-state index contributed by atoms with van der Waals surface area (Å²) in [6.45, 7) is 6.67. The minimum atomic E-state index is -1.00. The Bertz CT molecular complexity index is 614. The van der Waals surface area contributed by atoms with Crippen LogP contribution in [0.1, 0.15) is 32.8 Å². The first kappa shape index (κ1) is 15.5. The number of carbonyl (C=O) groups is 1. The monoisotopic (exact) mass is 300 g/mol. The lowest BCUT2D eigenvalue weighted by atomic mass is 9.65. The first-order valence-electron chi connectivity index (χ1n) is 7.60. The van der Waals surface area contributed by atoms with E-state index in [4.69, 9.17) is 12.6 Å². The van der Waals surface area contributed by atoms with Gasteiger partial charge in [-0.2, -0.15) is 0 Å². The minimum Gasteiger partial charge on any atom is -0.389 e. The van der Waals surface area contributed by atoms with Gasteiger partial charge in [-0.25, -0.2) is 4.98 Å². The molecule has 2 atom stereocenters. The van der Waals surface area contributed by atoms with Crippen molar-refractivity contribution < 1.29 is 14.6 Å². The Hall–Kier alpha value is -1.40. The average molecular weight is 300 g/mol. The third kappa shape index (κ3) is 2.44. The van der Waals surface area contributed by atoms with E-state index in [2.05, 4.69) is 11.9 Å². The highest BCUT2D eigenvalue weighted by molar-refractivity contribution is 6.32. The summed E-state index contributed by atoms with van der Waals surface area (Å²) in [5.74, 6) is 0.316. The second-order valence-electron chi connectivity index (χ2n) is 7.17. The van der Waals surface area contributed by atoms with Crippen molar-refractivity contribution in [3.63, 3.8) is 0 Å². The number of carbonyl (C=O) groups excluding carboxylic acids is 1. The number of nitrogens with zero attached hydrogens (tertiary/aromatic N) is 2. The summed E-state index contributed by atoms with van der Waals surface area (Å²) in [6.07, 6.45) is 2.32. The van der Waals surface area contributed by atoms with Crippen LogP contribution >= 0.6 is 0 Å². The highest BCUT2D eigenvalue weighted by Gasteiger charge is 2.51. The van der Waals surface area contributed by atoms with Gasteiger partial charge in [-0.3, -0.25) is 9.69 Å². The Balaban J connectivity index is 2.14. The topological polar surface area (TPSA) is 62.7 Å². The van der Waals surface area contributed by atoms with Gasteiger partial charge in [-0.05, 0) is 20.3 Å². The molecular formula is C16H21BN2O3. The van der Waals surface area contributed by atoms with Gasteiger partial charge in [-0.15, -0.1) is 0 Å². The Labute approximate surface area is 132 Å². The predicted molar refractivity (Wildman–Crippen MR) is 84.6 cm³/mol. The van der Waals surface area contributed by atoms with Gasteiger partial charge in [0.25, 0.3) is 0 Å². The normalized spacial score (nSPS) is 28.3. The lowest BCUT2D eigenvalue weighted by Crippen LogP contribution is -2.58. The van der Waals surface area contributed by atoms with Gasteiger partial charge in [0.05, 0.1) is 24.7 Å². The highest BCUT2D eigenvalue weighted by Crippen LogP contribution is 2.47. The van der Waals surface area contributed by atoms with Crippen molar-refractivity contribution in [2.75, 3.05) is 24.7 Å². The van der Waals surface area contributed by atoms with E-state index in [1.54, 1.807) is 24.9 Å². The molecule has 6 heteroatoms. The van der Waals surface area contributed by atoms with Crippen LogP contribution in [0, 0.1) is 5.92 Å². The van der Waals surface area contributed by atoms with Gasteiger partial charge in [-0.1, -0.05) is 18.5 Å². The first-order chi connectivity index (χ1) is 10.2. The fourth-order valence-corrected chi connectivity index (χ4v) is 3.45. The molecule has 3 heterocycles. The van der Waals surface area contributed by atoms with Crippen LogP contribution in [0.15, 0.2) is 12.3 Å². The van der Waals surface area contributed by atoms with E-state index in [0.29, 0.717) is 24.5 Å². The smallest absolute Gasteiger partial charge is 0.234 e. The minimum absolute atomic E-state index is 0.0332. The molecule has 1 saturated heterocycles. The molecule has 1 aromatic heterocycles. The number of fused-ring (bicyclic) bond motifs is 3. The summed E-state index contributed by atoms with van der Waals surface area (Å²) in [4.78, 5) is 18.9. The molecule has 0 aliphatic carbocycles. The number of β-amino-alcohol motifs (C(OH)–C–C–N with tert-alkyl or cyclic N) is 1. The summed E-state index contributed by atoms with van der Waals surface area (Å²) in [5, 5.41) is 10.2. The molecule has 1 N–H and O–H groups in total. The number of hydrogen-bond donors (Lipinski definition) is 1. The molecule has 0 saturated carbocycles. The number of amides is 1. The van der Waals surface area contributed by atoms with E-state index >= 15 is 0 Å². The second-order valence-corrected chi connectivity index (χ2v) is 7.17. The molecule has 22 heavy (non-hydrogen) atoms. The summed E-state index contributed by atoms with van der Waals surface area (Å²) in [5.41, 5.74) is 0.245. The fourth-order valence-electron chi connectivity index (χ4n) is 3.45. The maximum Gasteiger partial charge on any atom is 0.234 e. The quantitative estimate of drug-likeness (QED) is 0.797. The summed E-state index contributed by atoms with van der Waals surface area (Å²) >= 11 is 0. The van der Waals surface area contributed by atoms with Crippen LogP contribution in [-0.2, 0) is 14.9 Å². The van der Waals surface area contributed by atoms with E-state index < -0.39 is 5.60 Å². The van der Waals surface area contributed by atoms with Crippen molar-refractivity contribution in [3.05, 3.63) is 17.8 Å². The first-order valence-corrected chi connectivity index (χ1v) is 7.60. The zero-order valence-corrected chi connectivity index (χ0v) is 13.3. The second kappa shape index (κ2) is 5.06. The van der Waals surface area contributed by atoms with Crippen LogP contribution in [0.5, 0.6) is 0 Å². The highest BCUT2D eigenvalue weighted by atomic mass is 16.5. The third-order valence-electron chi connectivity index (χ3n) is 4.69. The Morgan fingerprint density at radius 2 is 2.32 bits per heavy atom. The zero-order valence-electron chi connectivity index (χ0n) is 13.3. The van der Waals surface area contributed by atoms with Crippen LogP contribution in [0.2, 0.25) is 0 Å². The number of pyridine rings is 1. The van der Waals surface area contributed by atoms with Crippen LogP contribution < -0.4 is 10.4 Å². The zero-order chi connectivity index (χ0) is 16.1. The van der Waals surface area contributed by atoms with Gasteiger partial charge in [0.2, 0.25) is 5.91 Å². The third-order valence-corrected chi connectivity index (χ3v) is 4.69. The van der Waals surface area contributed by atoms with Crippen LogP contribution in [0.25, 0.3) is 0 Å². The van der Waals surface area contributed by atoms with Crippen molar-refractivity contribution in [2.45, 2.75) is 38.2 Å². The Morgan fingerprint density at radius 1 is 1.59 bits per heavy atom. The molecule has 1 aromatic rings. The number of anilines is 1. The molecule has 2 aliphatic rings. The molecule has 1 amide bonds. The molecule has 116 valence electrons. The lowest BCUT2D eigenvalue weighted by Gasteiger charge is -2.48. The van der Waals surface area contributed by atoms with Crippen molar-refractivity contribution in [1.82, 2.24) is 4.98 Å². The van der Waals surface area contributed by atoms with Gasteiger partial charge in [0.15, 0.2) is 0 Å². The number of rotatable bonds is 2. The van der Waals surface area contributed by atoms with Gasteiger partial charge in [0, 0.05) is 23.8 Å². The Morgan fingerprint density at radius 3 is 3.00 bits per heavy atom. The van der Waals surface area contributed by atoms with Gasteiger partial charge in [0.1, 0.15) is 13.7 Å². The molecule has 0 bridgehead atoms. The van der Waals surface area contributed by atoms with Gasteiger partial charge < -0.3 is 9.84 Å². The van der Waals surface area contributed by atoms with Crippen molar-refractivity contribution in [3.8, 4) is 0 Å². The lowest BCUT2D eigenvalue weighted by molar-refractivity contribution is -0.132. The molecule has 0 spiro atoms. The van der Waals surface area contributed by atoms with Crippen molar-refractivity contribution >= 4 is 25.0 Å². The van der Waals surface area contributed by atoms with Crippen LogP contribution in [0.3, 0.4) is 0 Å². The molecule has 1 unspecified atom stereocenters. The predicted octanol–water partition coefficient (Wildman–Crippen LogP) is 0.287. The number of aliphatic hydroxyl groups is 1. The number of ether oxygens (including phenoxy) is 1. The van der Waals surface area contributed by atoms with Crippen molar-refractivity contribution in [2.24, 2.45) is 5.92 Å². The molecule has 2 aliphatic heterocycles. The van der Waals surface area contributed by atoms with E-state index in [0.717, 1.165) is 12.0 Å². The van der Waals surface area contributed by atoms with Gasteiger partial charge >= 0.3 is 0 Å². The van der Waals surface area contributed by atoms with Crippen molar-refractivity contribution in [1.29, 1.82) is 0 Å². The largest absolute Gasteiger partial charge is 0.389 e. The maximum absolute atomic E-state index is 13.0. The summed E-state index contributed by atoms with van der Waals surface area (Å²) in [7, 11) is 5.92. The van der Waals surface area contributed by atoms with E-state index in [9.17, 15) is 9.90 Å². The summed E-state index contributed by atoms with van der Waals surface area (Å²) < 4.78 is 5.54. The molecular weight excluding hydrogens is 279 g/mol. The van der Waals surface area contributed by atoms with Crippen LogP contribution in [-0.4, -0.2) is 49.2 Å². The summed E-state index contributed by atoms with van der Waals surface area (Å²) in [6, 6.07) is 1.91. The molecule has 5 nitrogen and oxygen atoms in total. The van der Waals surface area contributed by atoms with Crippen LogP contribution in [0.4, 0.5) is 5.82 Å². The van der Waals surface area contributed by atoms with E-state index in [1.165, 1.54) is 0 Å². The number of aromatic nitrogens is 1. The average Bonchev–Trinajstić information content (AvgIpc) is 2.43. The van der Waals surface area contributed by atoms with E-state index in [1.807, 2.05) is 6.07 Å². The standard InChI is InChI=1S/C16H21BN2O3/c1-15(2,21)9-19-13-11(6-10(17)7-18-13)16(3)4-5-22-8-12(16)14(19)20/h6-7,12,21H,4-5,8-9H2,1-3H3/t12-,16?/m0/s1. The fraction of sp³-hybridized carbons (Fsp3) is 0.625. The van der Waals surface area contributed by atoms with E-state index in [-0.39, 0.29) is 23.8 Å². The molecule has 3 rings (SSSR count). The molecule has 1 fully saturated rings. The maximum atomic E-state index is 13.0. The molecule has 2 radical (unpaired) electrons. The number of hydrogen-bond acceptors (Lipinski definition) is 4. The Kier molecular flexibility index (Phi) is 3.57. The molecule has 0 aromatic carbocycles. The SMILES string of the molecule is [B]c1cnc2c(c1)C1(C)CCOC[C@H]1C(=O)N2CC(C)(C)O.